The number of aliphatic hydroxyl groups is 1. The van der Waals surface area contributed by atoms with Gasteiger partial charge in [-0.15, -0.1) is 0 Å². The fraction of sp³-hybridized carbons (Fsp3) is 0.250. The highest BCUT2D eigenvalue weighted by Gasteiger charge is 2.34. The monoisotopic (exact) mass is 301 g/mol. The molecule has 1 fully saturated rings. The van der Waals surface area contributed by atoms with Gasteiger partial charge in [-0.3, -0.25) is 0 Å². The minimum atomic E-state index is -0.930. The van der Waals surface area contributed by atoms with Crippen molar-refractivity contribution in [2.24, 2.45) is 0 Å². The van der Waals surface area contributed by atoms with Crippen molar-refractivity contribution in [2.45, 2.75) is 18.6 Å². The Labute approximate surface area is 126 Å². The number of nitriles is 1. The summed E-state index contributed by atoms with van der Waals surface area (Å²) in [6.45, 7) is 0.287. The van der Waals surface area contributed by atoms with Crippen molar-refractivity contribution >= 4 is 5.82 Å². The van der Waals surface area contributed by atoms with E-state index >= 15 is 0 Å². The second-order valence-electron chi connectivity index (χ2n) is 5.22. The summed E-state index contributed by atoms with van der Waals surface area (Å²) in [4.78, 5) is 5.97. The summed E-state index contributed by atoms with van der Waals surface area (Å²) in [5.41, 5.74) is 0.925. The first-order valence-corrected chi connectivity index (χ1v) is 6.85. The maximum atomic E-state index is 13.5. The van der Waals surface area contributed by atoms with E-state index in [2.05, 4.69) is 11.1 Å². The molecule has 1 aromatic carbocycles. The Morgan fingerprint density at radius 1 is 1.27 bits per heavy atom. The first-order valence-electron chi connectivity index (χ1n) is 6.85. The summed E-state index contributed by atoms with van der Waals surface area (Å²) < 4.78 is 26.6. The molecule has 0 amide bonds. The van der Waals surface area contributed by atoms with Crippen molar-refractivity contribution in [1.29, 1.82) is 5.26 Å². The maximum Gasteiger partial charge on any atom is 0.159 e. The van der Waals surface area contributed by atoms with Crippen LogP contribution in [0.4, 0.5) is 14.6 Å². The van der Waals surface area contributed by atoms with E-state index < -0.39 is 17.7 Å². The number of hydrogen-bond acceptors (Lipinski definition) is 4. The van der Waals surface area contributed by atoms with Crippen LogP contribution in [0.15, 0.2) is 36.5 Å². The Bertz CT molecular complexity index is 744. The average Bonchev–Trinajstić information content (AvgIpc) is 2.91. The van der Waals surface area contributed by atoms with Crippen LogP contribution in [0.3, 0.4) is 0 Å². The third-order valence-corrected chi connectivity index (χ3v) is 3.79. The molecule has 0 bridgehead atoms. The first-order chi connectivity index (χ1) is 10.6. The lowest BCUT2D eigenvalue weighted by Crippen LogP contribution is -2.26. The van der Waals surface area contributed by atoms with Gasteiger partial charge in [0.1, 0.15) is 11.9 Å². The Balaban J connectivity index is 2.02. The molecule has 2 aromatic rings. The van der Waals surface area contributed by atoms with E-state index in [0.717, 1.165) is 12.1 Å². The van der Waals surface area contributed by atoms with Gasteiger partial charge < -0.3 is 10.0 Å². The number of aromatic nitrogens is 1. The van der Waals surface area contributed by atoms with E-state index in [0.29, 0.717) is 23.4 Å². The molecule has 1 aliphatic rings. The number of nitrogens with zero attached hydrogens (tertiary/aromatic N) is 3. The van der Waals surface area contributed by atoms with E-state index in [1.807, 2.05) is 0 Å². The van der Waals surface area contributed by atoms with Crippen LogP contribution in [0.2, 0.25) is 0 Å². The Kier molecular flexibility index (Phi) is 3.73. The van der Waals surface area contributed by atoms with Crippen molar-refractivity contribution in [3.05, 3.63) is 59.3 Å². The minimum Gasteiger partial charge on any atom is -0.391 e. The lowest BCUT2D eigenvalue weighted by Gasteiger charge is -2.26. The van der Waals surface area contributed by atoms with Crippen molar-refractivity contribution in [3.8, 4) is 6.07 Å². The minimum absolute atomic E-state index is 0.287. The predicted molar refractivity (Wildman–Crippen MR) is 76.0 cm³/mol. The topological polar surface area (TPSA) is 60.2 Å². The van der Waals surface area contributed by atoms with Gasteiger partial charge in [0.05, 0.1) is 17.7 Å². The lowest BCUT2D eigenvalue weighted by molar-refractivity contribution is 0.194. The highest BCUT2D eigenvalue weighted by Crippen LogP contribution is 2.37. The summed E-state index contributed by atoms with van der Waals surface area (Å²) in [7, 11) is 0. The summed E-state index contributed by atoms with van der Waals surface area (Å²) in [6.07, 6.45) is 1.31. The number of anilines is 1. The van der Waals surface area contributed by atoms with Crippen LogP contribution in [0.1, 0.15) is 23.6 Å². The highest BCUT2D eigenvalue weighted by molar-refractivity contribution is 5.56. The second-order valence-corrected chi connectivity index (χ2v) is 5.22. The van der Waals surface area contributed by atoms with Gasteiger partial charge in [0.2, 0.25) is 0 Å². The molecule has 0 aliphatic carbocycles. The molecule has 1 aromatic heterocycles. The number of aliphatic hydroxyl groups excluding tert-OH is 1. The van der Waals surface area contributed by atoms with Gasteiger partial charge in [-0.1, -0.05) is 6.07 Å². The molecule has 2 heterocycles. The van der Waals surface area contributed by atoms with Gasteiger partial charge in [-0.2, -0.15) is 5.26 Å². The van der Waals surface area contributed by atoms with Crippen LogP contribution in [-0.4, -0.2) is 22.7 Å². The number of benzene rings is 1. The molecule has 0 saturated carbocycles. The van der Waals surface area contributed by atoms with E-state index in [1.54, 1.807) is 23.2 Å². The molecule has 112 valence electrons. The fourth-order valence-electron chi connectivity index (χ4n) is 2.80. The molecule has 6 heteroatoms. The van der Waals surface area contributed by atoms with Crippen LogP contribution in [-0.2, 0) is 0 Å². The van der Waals surface area contributed by atoms with Crippen LogP contribution in [0.5, 0.6) is 0 Å². The molecule has 4 nitrogen and oxygen atoms in total. The highest BCUT2D eigenvalue weighted by atomic mass is 19.2. The van der Waals surface area contributed by atoms with Gasteiger partial charge >= 0.3 is 0 Å². The Morgan fingerprint density at radius 2 is 2.09 bits per heavy atom. The molecule has 0 unspecified atom stereocenters. The van der Waals surface area contributed by atoms with Crippen LogP contribution in [0.25, 0.3) is 0 Å². The quantitative estimate of drug-likeness (QED) is 0.926. The third kappa shape index (κ3) is 2.51. The van der Waals surface area contributed by atoms with E-state index in [-0.39, 0.29) is 12.6 Å². The van der Waals surface area contributed by atoms with Crippen molar-refractivity contribution in [1.82, 2.24) is 4.98 Å². The molecule has 0 radical (unpaired) electrons. The Hall–Kier alpha value is -2.52. The van der Waals surface area contributed by atoms with Crippen LogP contribution >= 0.6 is 0 Å². The molecular weight excluding hydrogens is 288 g/mol. The summed E-state index contributed by atoms with van der Waals surface area (Å²) in [5, 5.41) is 19.2. The first kappa shape index (κ1) is 14.4. The van der Waals surface area contributed by atoms with Crippen molar-refractivity contribution in [3.63, 3.8) is 0 Å². The zero-order chi connectivity index (χ0) is 15.7. The lowest BCUT2D eigenvalue weighted by atomic mass is 10.0. The summed E-state index contributed by atoms with van der Waals surface area (Å²) in [6, 6.07) is 8.67. The molecular formula is C16H13F2N3O. The van der Waals surface area contributed by atoms with Gasteiger partial charge in [-0.05, 0) is 36.2 Å². The number of β-amino-alcohol motifs (C(OH)–C–C–N with tert-alkyl or cyclic N) is 1. The molecule has 1 N–H and O–H groups in total. The number of pyridine rings is 1. The van der Waals surface area contributed by atoms with E-state index in [1.165, 1.54) is 6.07 Å². The normalized spacial score (nSPS) is 20.9. The van der Waals surface area contributed by atoms with Gasteiger partial charge in [0, 0.05) is 12.7 Å². The standard InChI is InChI=1S/C16H13F2N3O/c17-13-4-3-10(6-14(13)18)15-7-12(22)9-21(15)16-11(8-19)2-1-5-20-16/h1-6,12,15,22H,7,9H2/t12-,15-/m1/s1. The fourth-order valence-corrected chi connectivity index (χ4v) is 2.80. The SMILES string of the molecule is N#Cc1cccnc1N1C[C@H](O)C[C@@H]1c1ccc(F)c(F)c1. The van der Waals surface area contributed by atoms with Crippen LogP contribution < -0.4 is 4.90 Å². The van der Waals surface area contributed by atoms with Crippen molar-refractivity contribution in [2.75, 3.05) is 11.4 Å². The van der Waals surface area contributed by atoms with Gasteiger partial charge in [0.15, 0.2) is 11.6 Å². The van der Waals surface area contributed by atoms with E-state index in [9.17, 15) is 19.1 Å². The predicted octanol–water partition coefficient (Wildman–Crippen LogP) is 2.54. The smallest absolute Gasteiger partial charge is 0.159 e. The van der Waals surface area contributed by atoms with E-state index in [4.69, 9.17) is 0 Å². The molecule has 3 rings (SSSR count). The molecule has 0 spiro atoms. The van der Waals surface area contributed by atoms with Gasteiger partial charge in [0.25, 0.3) is 0 Å². The van der Waals surface area contributed by atoms with Gasteiger partial charge in [-0.25, -0.2) is 13.8 Å². The molecule has 1 aliphatic heterocycles. The Morgan fingerprint density at radius 3 is 2.82 bits per heavy atom. The molecule has 22 heavy (non-hydrogen) atoms. The van der Waals surface area contributed by atoms with Crippen molar-refractivity contribution < 1.29 is 13.9 Å². The van der Waals surface area contributed by atoms with Crippen LogP contribution in [0, 0.1) is 23.0 Å². The summed E-state index contributed by atoms with van der Waals surface area (Å²) >= 11 is 0. The zero-order valence-corrected chi connectivity index (χ0v) is 11.6. The third-order valence-electron chi connectivity index (χ3n) is 3.79. The maximum absolute atomic E-state index is 13.5. The average molecular weight is 301 g/mol. The molecule has 2 atom stereocenters. The zero-order valence-electron chi connectivity index (χ0n) is 11.6. The number of hydrogen-bond donors (Lipinski definition) is 1. The number of halogens is 2. The molecule has 1 saturated heterocycles. The second kappa shape index (κ2) is 5.70. The summed E-state index contributed by atoms with van der Waals surface area (Å²) in [5.74, 6) is -1.40. The number of rotatable bonds is 2. The largest absolute Gasteiger partial charge is 0.391 e.